The van der Waals surface area contributed by atoms with Gasteiger partial charge in [-0.05, 0) is 43.7 Å². The van der Waals surface area contributed by atoms with E-state index < -0.39 is 11.9 Å². The highest BCUT2D eigenvalue weighted by molar-refractivity contribution is 8.18. The number of aryl methyl sites for hydroxylation is 1. The molecule has 3 aromatic rings. The minimum absolute atomic E-state index is 0.0884. The van der Waals surface area contributed by atoms with Gasteiger partial charge in [-0.2, -0.15) is 0 Å². The molecule has 1 heterocycles. The SMILES string of the molecule is CCOC(=O)C1=C(O)/C(=C/c2ccccc2OCc2ccccc2)SC1=NC(=O)c1ccc(C)cc1. The first kappa shape index (κ1) is 25.0. The van der Waals surface area contributed by atoms with E-state index in [1.54, 1.807) is 25.1 Å². The summed E-state index contributed by atoms with van der Waals surface area (Å²) in [6.07, 6.45) is 1.71. The van der Waals surface area contributed by atoms with Gasteiger partial charge in [-0.15, -0.1) is 0 Å². The number of ether oxygens (including phenoxy) is 2. The third kappa shape index (κ3) is 5.93. The summed E-state index contributed by atoms with van der Waals surface area (Å²) in [4.78, 5) is 30.0. The molecule has 0 bridgehead atoms. The highest BCUT2D eigenvalue weighted by Crippen LogP contribution is 2.40. The second-order valence-electron chi connectivity index (χ2n) is 7.95. The van der Waals surface area contributed by atoms with Crippen LogP contribution in [0.5, 0.6) is 5.75 Å². The molecule has 0 spiro atoms. The number of hydrogen-bond acceptors (Lipinski definition) is 6. The Morgan fingerprint density at radius 3 is 2.39 bits per heavy atom. The Labute approximate surface area is 214 Å². The van der Waals surface area contributed by atoms with Crippen LogP contribution in [0.25, 0.3) is 6.08 Å². The van der Waals surface area contributed by atoms with E-state index in [4.69, 9.17) is 9.47 Å². The fourth-order valence-electron chi connectivity index (χ4n) is 3.45. The Hall–Kier alpha value is -4.10. The maximum Gasteiger partial charge on any atom is 0.344 e. The summed E-state index contributed by atoms with van der Waals surface area (Å²) in [5.74, 6) is -0.928. The van der Waals surface area contributed by atoms with Crippen LogP contribution in [0.3, 0.4) is 0 Å². The number of benzene rings is 3. The number of hydrogen-bond donors (Lipinski definition) is 1. The van der Waals surface area contributed by atoms with E-state index in [-0.39, 0.29) is 23.0 Å². The molecule has 0 saturated heterocycles. The summed E-state index contributed by atoms with van der Waals surface area (Å²) in [6.45, 7) is 4.09. The number of aliphatic hydroxyl groups is 1. The Kier molecular flexibility index (Phi) is 8.02. The van der Waals surface area contributed by atoms with Crippen LogP contribution in [0.2, 0.25) is 0 Å². The standard InChI is InChI=1S/C29H25NO5S/c1-3-34-29(33)25-26(31)24(36-28(25)30-27(32)21-15-13-19(2)14-16-21)17-22-11-7-8-12-23(22)35-18-20-9-5-4-6-10-20/h4-17,31H,3,18H2,1-2H3/b24-17-,30-28?. The quantitative estimate of drug-likeness (QED) is 0.385. The number of para-hydroxylation sites is 1. The van der Waals surface area contributed by atoms with Crippen LogP contribution in [0.1, 0.15) is 34.0 Å². The second kappa shape index (κ2) is 11.6. The maximum atomic E-state index is 12.8. The third-order valence-corrected chi connectivity index (χ3v) is 6.33. The molecule has 0 aromatic heterocycles. The number of carbonyl (C=O) groups excluding carboxylic acids is 2. The van der Waals surface area contributed by atoms with Crippen molar-refractivity contribution in [2.24, 2.45) is 4.99 Å². The number of nitrogens with zero attached hydrogens (tertiary/aromatic N) is 1. The van der Waals surface area contributed by atoms with Gasteiger partial charge in [0.2, 0.25) is 0 Å². The van der Waals surface area contributed by atoms with Gasteiger partial charge >= 0.3 is 5.97 Å². The van der Waals surface area contributed by atoms with Gasteiger partial charge in [0, 0.05) is 11.1 Å². The number of amides is 1. The first-order chi connectivity index (χ1) is 17.5. The lowest BCUT2D eigenvalue weighted by Gasteiger charge is -2.10. The van der Waals surface area contributed by atoms with E-state index >= 15 is 0 Å². The van der Waals surface area contributed by atoms with Gasteiger partial charge in [0.1, 0.15) is 28.7 Å². The molecular weight excluding hydrogens is 474 g/mol. The molecule has 0 atom stereocenters. The van der Waals surface area contributed by atoms with Crippen molar-refractivity contribution < 1.29 is 24.2 Å². The molecule has 1 aliphatic heterocycles. The van der Waals surface area contributed by atoms with Crippen LogP contribution in [-0.2, 0) is 16.1 Å². The molecule has 0 aliphatic carbocycles. The van der Waals surface area contributed by atoms with Crippen LogP contribution < -0.4 is 4.74 Å². The summed E-state index contributed by atoms with van der Waals surface area (Å²) in [7, 11) is 0. The summed E-state index contributed by atoms with van der Waals surface area (Å²) in [6, 6.07) is 24.1. The van der Waals surface area contributed by atoms with Gasteiger partial charge in [0.15, 0.2) is 0 Å². The molecular formula is C29H25NO5S. The van der Waals surface area contributed by atoms with Gasteiger partial charge in [0.05, 0.1) is 11.5 Å². The minimum Gasteiger partial charge on any atom is -0.506 e. The van der Waals surface area contributed by atoms with Crippen molar-refractivity contribution in [3.05, 3.63) is 117 Å². The second-order valence-corrected chi connectivity index (χ2v) is 8.99. The van der Waals surface area contributed by atoms with E-state index in [2.05, 4.69) is 4.99 Å². The normalized spacial score (nSPS) is 15.4. The number of carbonyl (C=O) groups is 2. The van der Waals surface area contributed by atoms with Crippen molar-refractivity contribution in [1.29, 1.82) is 0 Å². The molecule has 6 nitrogen and oxygen atoms in total. The number of thioether (sulfide) groups is 1. The van der Waals surface area contributed by atoms with Crippen LogP contribution in [-0.4, -0.2) is 28.6 Å². The monoisotopic (exact) mass is 499 g/mol. The first-order valence-corrected chi connectivity index (χ1v) is 12.2. The Balaban J connectivity index is 1.66. The van der Waals surface area contributed by atoms with Crippen molar-refractivity contribution in [3.63, 3.8) is 0 Å². The average molecular weight is 500 g/mol. The van der Waals surface area contributed by atoms with Gasteiger partial charge < -0.3 is 14.6 Å². The zero-order chi connectivity index (χ0) is 25.5. The lowest BCUT2D eigenvalue weighted by atomic mass is 10.1. The molecule has 0 unspecified atom stereocenters. The Morgan fingerprint density at radius 1 is 0.972 bits per heavy atom. The van der Waals surface area contributed by atoms with Crippen LogP contribution in [0, 0.1) is 6.92 Å². The fourth-order valence-corrected chi connectivity index (χ4v) is 4.46. The highest BCUT2D eigenvalue weighted by Gasteiger charge is 2.34. The van der Waals surface area contributed by atoms with E-state index in [0.717, 1.165) is 22.9 Å². The van der Waals surface area contributed by atoms with Crippen LogP contribution >= 0.6 is 11.8 Å². The van der Waals surface area contributed by atoms with Crippen molar-refractivity contribution in [1.82, 2.24) is 0 Å². The molecule has 0 saturated carbocycles. The van der Waals surface area contributed by atoms with E-state index in [0.29, 0.717) is 28.4 Å². The van der Waals surface area contributed by atoms with Crippen molar-refractivity contribution in [3.8, 4) is 5.75 Å². The lowest BCUT2D eigenvalue weighted by Crippen LogP contribution is -2.14. The van der Waals surface area contributed by atoms with Gasteiger partial charge in [0.25, 0.3) is 5.91 Å². The predicted octanol–water partition coefficient (Wildman–Crippen LogP) is 6.28. The summed E-state index contributed by atoms with van der Waals surface area (Å²) in [5.41, 5.74) is 2.99. The molecule has 3 aromatic carbocycles. The van der Waals surface area contributed by atoms with Gasteiger partial charge in [-0.3, -0.25) is 4.79 Å². The summed E-state index contributed by atoms with van der Waals surface area (Å²) >= 11 is 1.04. The average Bonchev–Trinajstić information content (AvgIpc) is 3.18. The topological polar surface area (TPSA) is 85.2 Å². The third-order valence-electron chi connectivity index (χ3n) is 5.31. The molecule has 182 valence electrons. The van der Waals surface area contributed by atoms with Gasteiger partial charge in [-0.1, -0.05) is 78.0 Å². The molecule has 1 aliphatic rings. The Morgan fingerprint density at radius 2 is 1.67 bits per heavy atom. The first-order valence-electron chi connectivity index (χ1n) is 11.4. The van der Waals surface area contributed by atoms with Crippen molar-refractivity contribution >= 4 is 34.8 Å². The molecule has 7 heteroatoms. The smallest absolute Gasteiger partial charge is 0.344 e. The Bertz CT molecular complexity index is 1360. The molecule has 1 N–H and O–H groups in total. The fraction of sp³-hybridized carbons (Fsp3) is 0.138. The zero-order valence-electron chi connectivity index (χ0n) is 19.9. The van der Waals surface area contributed by atoms with Crippen LogP contribution in [0.15, 0.2) is 100 Å². The van der Waals surface area contributed by atoms with E-state index in [9.17, 15) is 14.7 Å². The molecule has 36 heavy (non-hydrogen) atoms. The molecule has 4 rings (SSSR count). The summed E-state index contributed by atoms with van der Waals surface area (Å²) in [5, 5.41) is 11.0. The number of rotatable bonds is 7. The van der Waals surface area contributed by atoms with Crippen molar-refractivity contribution in [2.45, 2.75) is 20.5 Å². The van der Waals surface area contributed by atoms with E-state index in [1.807, 2.05) is 73.7 Å². The minimum atomic E-state index is -0.741. The number of aliphatic hydroxyl groups excluding tert-OH is 1. The maximum absolute atomic E-state index is 12.8. The van der Waals surface area contributed by atoms with Crippen LogP contribution in [0.4, 0.5) is 0 Å². The molecule has 0 fully saturated rings. The van der Waals surface area contributed by atoms with Crippen molar-refractivity contribution in [2.75, 3.05) is 6.61 Å². The highest BCUT2D eigenvalue weighted by atomic mass is 32.2. The van der Waals surface area contributed by atoms with Gasteiger partial charge in [-0.25, -0.2) is 9.79 Å². The molecule has 1 amide bonds. The van der Waals surface area contributed by atoms with E-state index in [1.165, 1.54) is 0 Å². The lowest BCUT2D eigenvalue weighted by molar-refractivity contribution is -0.138. The number of esters is 1. The zero-order valence-corrected chi connectivity index (χ0v) is 20.7. The summed E-state index contributed by atoms with van der Waals surface area (Å²) < 4.78 is 11.1. The largest absolute Gasteiger partial charge is 0.506 e. The number of aliphatic imine (C=N–C) groups is 1. The molecule has 0 radical (unpaired) electrons. The predicted molar refractivity (Wildman–Crippen MR) is 142 cm³/mol.